The lowest BCUT2D eigenvalue weighted by atomic mass is 10.2. The highest BCUT2D eigenvalue weighted by molar-refractivity contribution is 7.98. The highest BCUT2D eigenvalue weighted by atomic mass is 32.2. The van der Waals surface area contributed by atoms with Crippen LogP contribution in [0.3, 0.4) is 0 Å². The number of aromatic nitrogens is 2. The summed E-state index contributed by atoms with van der Waals surface area (Å²) < 4.78 is 29.9. The first-order chi connectivity index (χ1) is 12.4. The van der Waals surface area contributed by atoms with Crippen LogP contribution in [0.25, 0.3) is 21.9 Å². The summed E-state index contributed by atoms with van der Waals surface area (Å²) in [5.41, 5.74) is 0.691. The van der Waals surface area contributed by atoms with E-state index in [1.165, 1.54) is 17.4 Å². The SMILES string of the molecule is Cc1sc2nc(/C(C#N)=C/c3ccc(CSC(F)F)o3)[nH]c(=O)c2c1C. The van der Waals surface area contributed by atoms with Gasteiger partial charge in [0.05, 0.1) is 16.7 Å². The fourth-order valence-corrected chi connectivity index (χ4v) is 3.85. The largest absolute Gasteiger partial charge is 0.461 e. The Morgan fingerprint density at radius 2 is 2.27 bits per heavy atom. The third-order valence-corrected chi connectivity index (χ3v) is 5.54. The van der Waals surface area contributed by atoms with Crippen molar-refractivity contribution in [2.24, 2.45) is 0 Å². The van der Waals surface area contributed by atoms with Gasteiger partial charge < -0.3 is 9.40 Å². The van der Waals surface area contributed by atoms with Crippen molar-refractivity contribution in [3.05, 3.63) is 50.3 Å². The van der Waals surface area contributed by atoms with E-state index in [0.29, 0.717) is 33.5 Å². The molecule has 9 heteroatoms. The molecule has 0 amide bonds. The van der Waals surface area contributed by atoms with Crippen LogP contribution in [0.4, 0.5) is 8.78 Å². The maximum atomic E-state index is 12.3. The summed E-state index contributed by atoms with van der Waals surface area (Å²) >= 11 is 1.84. The van der Waals surface area contributed by atoms with E-state index in [1.807, 2.05) is 19.9 Å². The molecule has 0 spiro atoms. The third-order valence-electron chi connectivity index (χ3n) is 3.74. The van der Waals surface area contributed by atoms with Gasteiger partial charge in [-0.2, -0.15) is 14.0 Å². The molecule has 0 radical (unpaired) electrons. The smallest absolute Gasteiger partial charge is 0.284 e. The zero-order valence-corrected chi connectivity index (χ0v) is 15.4. The first kappa shape index (κ1) is 18.4. The molecule has 0 bridgehead atoms. The molecule has 0 unspecified atom stereocenters. The molecule has 0 saturated carbocycles. The van der Waals surface area contributed by atoms with E-state index in [4.69, 9.17) is 4.42 Å². The third kappa shape index (κ3) is 3.71. The van der Waals surface area contributed by atoms with Crippen molar-refractivity contribution in [1.82, 2.24) is 9.97 Å². The Labute approximate surface area is 155 Å². The van der Waals surface area contributed by atoms with Gasteiger partial charge in [0.1, 0.15) is 22.4 Å². The zero-order chi connectivity index (χ0) is 18.8. The van der Waals surface area contributed by atoms with Gasteiger partial charge in [-0.25, -0.2) is 4.98 Å². The highest BCUT2D eigenvalue weighted by Gasteiger charge is 2.14. The highest BCUT2D eigenvalue weighted by Crippen LogP contribution is 2.27. The Morgan fingerprint density at radius 1 is 1.50 bits per heavy atom. The molecule has 26 heavy (non-hydrogen) atoms. The second-order valence-electron chi connectivity index (χ2n) is 5.42. The molecule has 5 nitrogen and oxygen atoms in total. The maximum Gasteiger partial charge on any atom is 0.284 e. The molecule has 3 aromatic heterocycles. The summed E-state index contributed by atoms with van der Waals surface area (Å²) in [4.78, 5) is 20.9. The molecule has 0 fully saturated rings. The molecule has 0 aliphatic heterocycles. The van der Waals surface area contributed by atoms with Crippen LogP contribution >= 0.6 is 23.1 Å². The van der Waals surface area contributed by atoms with Gasteiger partial charge in [-0.1, -0.05) is 11.8 Å². The average molecular weight is 393 g/mol. The molecule has 1 N–H and O–H groups in total. The van der Waals surface area contributed by atoms with Gasteiger partial charge in [0.2, 0.25) is 0 Å². The van der Waals surface area contributed by atoms with Gasteiger partial charge in [0, 0.05) is 11.0 Å². The predicted octanol–water partition coefficient (Wildman–Crippen LogP) is 4.71. The zero-order valence-electron chi connectivity index (χ0n) is 13.8. The fraction of sp³-hybridized carbons (Fsp3) is 0.235. The van der Waals surface area contributed by atoms with Crippen molar-refractivity contribution in [2.75, 3.05) is 0 Å². The first-order valence-corrected chi connectivity index (χ1v) is 9.36. The minimum absolute atomic E-state index is 0.0299. The van der Waals surface area contributed by atoms with Crippen LogP contribution in [0.2, 0.25) is 0 Å². The summed E-state index contributed by atoms with van der Waals surface area (Å²) in [6, 6.07) is 5.14. The van der Waals surface area contributed by atoms with Crippen molar-refractivity contribution in [3.63, 3.8) is 0 Å². The lowest BCUT2D eigenvalue weighted by Crippen LogP contribution is -2.10. The van der Waals surface area contributed by atoms with E-state index in [1.54, 1.807) is 12.1 Å². The molecule has 134 valence electrons. The van der Waals surface area contributed by atoms with Gasteiger partial charge in [0.15, 0.2) is 5.82 Å². The van der Waals surface area contributed by atoms with Crippen molar-refractivity contribution in [2.45, 2.75) is 25.4 Å². The number of thiophene rings is 1. The molecule has 3 aromatic rings. The van der Waals surface area contributed by atoms with Crippen LogP contribution in [-0.4, -0.2) is 15.7 Å². The van der Waals surface area contributed by atoms with Crippen LogP contribution in [-0.2, 0) is 5.75 Å². The molecule has 0 saturated heterocycles. The van der Waals surface area contributed by atoms with E-state index in [0.717, 1.165) is 10.4 Å². The fourth-order valence-electron chi connectivity index (χ4n) is 2.37. The molecule has 3 heterocycles. The normalized spacial score (nSPS) is 12.1. The number of hydrogen-bond donors (Lipinski definition) is 1. The van der Waals surface area contributed by atoms with E-state index < -0.39 is 5.76 Å². The Morgan fingerprint density at radius 3 is 2.96 bits per heavy atom. The van der Waals surface area contributed by atoms with E-state index in [-0.39, 0.29) is 22.7 Å². The number of aromatic amines is 1. The van der Waals surface area contributed by atoms with Crippen LogP contribution in [0, 0.1) is 25.2 Å². The first-order valence-electron chi connectivity index (χ1n) is 7.49. The van der Waals surface area contributed by atoms with Crippen molar-refractivity contribution in [1.29, 1.82) is 5.26 Å². The van der Waals surface area contributed by atoms with Crippen LogP contribution in [0.1, 0.15) is 27.8 Å². The number of nitriles is 1. The minimum atomic E-state index is -2.48. The number of hydrogen-bond acceptors (Lipinski definition) is 6. The molecule has 3 rings (SSSR count). The number of rotatable bonds is 5. The van der Waals surface area contributed by atoms with Gasteiger partial charge in [-0.15, -0.1) is 11.3 Å². The molecule has 0 aliphatic carbocycles. The summed E-state index contributed by atoms with van der Waals surface area (Å²) in [7, 11) is 0. The monoisotopic (exact) mass is 393 g/mol. The standard InChI is InChI=1S/C17H13F2N3O2S2/c1-8-9(2)26-16-13(8)15(23)21-14(22-16)10(6-20)5-11-3-4-12(24-11)7-25-17(18)19/h3-5,17H,7H2,1-2H3,(H,21,22,23)/b10-5+. The number of halogens is 2. The van der Waals surface area contributed by atoms with Gasteiger partial charge >= 0.3 is 0 Å². The summed E-state index contributed by atoms with van der Waals surface area (Å²) in [5, 5.41) is 9.95. The summed E-state index contributed by atoms with van der Waals surface area (Å²) in [6.45, 7) is 3.76. The van der Waals surface area contributed by atoms with Crippen LogP contribution in [0.5, 0.6) is 0 Å². The number of nitrogens with one attached hydrogen (secondary N) is 1. The Kier molecular flexibility index (Phi) is 5.25. The second-order valence-corrected chi connectivity index (χ2v) is 7.61. The molecule has 0 aliphatic rings. The lowest BCUT2D eigenvalue weighted by molar-refractivity contribution is 0.251. The van der Waals surface area contributed by atoms with E-state index in [9.17, 15) is 18.8 Å². The van der Waals surface area contributed by atoms with Gasteiger partial charge in [0.25, 0.3) is 11.3 Å². The Bertz CT molecular complexity index is 1090. The van der Waals surface area contributed by atoms with Crippen molar-refractivity contribution in [3.8, 4) is 6.07 Å². The Balaban J connectivity index is 1.96. The average Bonchev–Trinajstić information content (AvgIpc) is 3.15. The second kappa shape index (κ2) is 7.43. The van der Waals surface area contributed by atoms with Crippen molar-refractivity contribution < 1.29 is 13.2 Å². The number of allylic oxidation sites excluding steroid dienone is 1. The summed E-state index contributed by atoms with van der Waals surface area (Å²) in [5.74, 6) is -1.60. The number of H-pyrrole nitrogens is 1. The van der Waals surface area contributed by atoms with E-state index >= 15 is 0 Å². The number of alkyl halides is 2. The maximum absolute atomic E-state index is 12.3. The van der Waals surface area contributed by atoms with E-state index in [2.05, 4.69) is 9.97 Å². The lowest BCUT2D eigenvalue weighted by Gasteiger charge is -1.99. The van der Waals surface area contributed by atoms with Crippen LogP contribution < -0.4 is 5.56 Å². The Hall–Kier alpha value is -2.44. The summed E-state index contributed by atoms with van der Waals surface area (Å²) in [6.07, 6.45) is 1.42. The molecule has 0 atom stereocenters. The quantitative estimate of drug-likeness (QED) is 0.635. The van der Waals surface area contributed by atoms with Gasteiger partial charge in [-0.3, -0.25) is 4.79 Å². The van der Waals surface area contributed by atoms with Crippen molar-refractivity contribution >= 4 is 45.0 Å². The number of aryl methyl sites for hydroxylation is 2. The predicted molar refractivity (Wildman–Crippen MR) is 99.2 cm³/mol. The number of fused-ring (bicyclic) bond motifs is 1. The molecular formula is C17H13F2N3O2S2. The molecular weight excluding hydrogens is 380 g/mol. The number of thioether (sulfide) groups is 1. The number of nitrogens with zero attached hydrogens (tertiary/aromatic N) is 2. The minimum Gasteiger partial charge on any atom is -0.461 e. The number of furan rings is 1. The molecule has 0 aromatic carbocycles. The topological polar surface area (TPSA) is 82.7 Å². The van der Waals surface area contributed by atoms with Crippen LogP contribution in [0.15, 0.2) is 21.3 Å². The van der Waals surface area contributed by atoms with Gasteiger partial charge in [-0.05, 0) is 31.5 Å².